The van der Waals surface area contributed by atoms with Crippen molar-refractivity contribution in [2.24, 2.45) is 0 Å². The van der Waals surface area contributed by atoms with Crippen LogP contribution in [0.15, 0.2) is 48.7 Å². The third-order valence-electron chi connectivity index (χ3n) is 6.73. The van der Waals surface area contributed by atoms with Gasteiger partial charge in [-0.3, -0.25) is 10.00 Å². The molecule has 1 saturated heterocycles. The molecule has 0 saturated carbocycles. The van der Waals surface area contributed by atoms with Gasteiger partial charge >= 0.3 is 0 Å². The number of imidazole rings is 1. The molecule has 0 aliphatic carbocycles. The Hall–Kier alpha value is -3.89. The molecule has 33 heavy (non-hydrogen) atoms. The number of nitriles is 1. The highest BCUT2D eigenvalue weighted by molar-refractivity contribution is 5.96. The van der Waals surface area contributed by atoms with Crippen LogP contribution in [0, 0.1) is 18.3 Å². The first-order valence-corrected chi connectivity index (χ1v) is 11.4. The van der Waals surface area contributed by atoms with Gasteiger partial charge in [0.25, 0.3) is 0 Å². The molecule has 4 heterocycles. The van der Waals surface area contributed by atoms with Crippen molar-refractivity contribution in [3.05, 3.63) is 71.3 Å². The zero-order chi connectivity index (χ0) is 22.4. The van der Waals surface area contributed by atoms with Gasteiger partial charge in [-0.05, 0) is 62.2 Å². The Balaban J connectivity index is 1.36. The number of likely N-dealkylation sites (tertiary alicyclic amines) is 1. The van der Waals surface area contributed by atoms with Crippen LogP contribution in [-0.2, 0) is 6.54 Å². The molecule has 5 aromatic rings. The van der Waals surface area contributed by atoms with E-state index in [2.05, 4.69) is 55.4 Å². The largest absolute Gasteiger partial charge is 0.353 e. The molecule has 0 radical (unpaired) electrons. The lowest BCUT2D eigenvalue weighted by Crippen LogP contribution is -2.33. The van der Waals surface area contributed by atoms with Gasteiger partial charge in [0, 0.05) is 29.0 Å². The van der Waals surface area contributed by atoms with E-state index < -0.39 is 0 Å². The number of fused-ring (bicyclic) bond motifs is 2. The molecule has 6 rings (SSSR count). The topological polar surface area (TPSA) is 100 Å². The summed E-state index contributed by atoms with van der Waals surface area (Å²) < 4.78 is 0. The molecule has 1 unspecified atom stereocenters. The minimum Gasteiger partial charge on any atom is -0.353 e. The molecule has 1 fully saturated rings. The predicted molar refractivity (Wildman–Crippen MR) is 128 cm³/mol. The lowest BCUT2D eigenvalue weighted by Gasteiger charge is -2.34. The fraction of sp³-hybridized carbons (Fsp3) is 0.269. The van der Waals surface area contributed by atoms with Crippen molar-refractivity contribution in [2.75, 3.05) is 6.54 Å². The summed E-state index contributed by atoms with van der Waals surface area (Å²) in [6.07, 6.45) is 5.58. The van der Waals surface area contributed by atoms with Crippen molar-refractivity contribution < 1.29 is 0 Å². The predicted octanol–water partition coefficient (Wildman–Crippen LogP) is 5.34. The van der Waals surface area contributed by atoms with Crippen LogP contribution in [0.2, 0.25) is 0 Å². The quantitative estimate of drug-likeness (QED) is 0.355. The molecule has 0 spiro atoms. The lowest BCUT2D eigenvalue weighted by molar-refractivity contribution is 0.135. The molecule has 1 aliphatic rings. The summed E-state index contributed by atoms with van der Waals surface area (Å²) in [5.74, 6) is 1.08. The maximum atomic E-state index is 9.17. The van der Waals surface area contributed by atoms with Crippen molar-refractivity contribution >= 4 is 21.8 Å². The van der Waals surface area contributed by atoms with Gasteiger partial charge in [-0.2, -0.15) is 10.4 Å². The normalized spacial score (nSPS) is 17.0. The van der Waals surface area contributed by atoms with Crippen LogP contribution in [0.25, 0.3) is 33.2 Å². The van der Waals surface area contributed by atoms with Crippen molar-refractivity contribution in [3.8, 4) is 17.5 Å². The Labute approximate surface area is 191 Å². The van der Waals surface area contributed by atoms with Gasteiger partial charge in [0.05, 0.1) is 34.6 Å². The molecule has 7 nitrogen and oxygen atoms in total. The Morgan fingerprint density at radius 2 is 2.06 bits per heavy atom. The monoisotopic (exact) mass is 435 g/mol. The van der Waals surface area contributed by atoms with Crippen molar-refractivity contribution in [1.82, 2.24) is 30.0 Å². The minimum atomic E-state index is 0.325. The van der Waals surface area contributed by atoms with Gasteiger partial charge in [-0.15, -0.1) is 0 Å². The second-order valence-corrected chi connectivity index (χ2v) is 8.91. The fourth-order valence-corrected chi connectivity index (χ4v) is 5.09. The van der Waals surface area contributed by atoms with Crippen LogP contribution in [0.5, 0.6) is 0 Å². The zero-order valence-electron chi connectivity index (χ0n) is 18.5. The number of aromatic amines is 3. The van der Waals surface area contributed by atoms with E-state index in [0.29, 0.717) is 11.6 Å². The van der Waals surface area contributed by atoms with E-state index in [1.54, 1.807) is 0 Å². The van der Waals surface area contributed by atoms with Crippen LogP contribution in [0.4, 0.5) is 0 Å². The van der Waals surface area contributed by atoms with E-state index in [1.165, 1.54) is 23.8 Å². The molecule has 1 atom stereocenters. The lowest BCUT2D eigenvalue weighted by atomic mass is 9.99. The molecule has 3 aromatic heterocycles. The van der Waals surface area contributed by atoms with Gasteiger partial charge in [-0.1, -0.05) is 18.6 Å². The van der Waals surface area contributed by atoms with E-state index in [1.807, 2.05) is 31.3 Å². The van der Waals surface area contributed by atoms with Crippen molar-refractivity contribution in [1.29, 1.82) is 5.26 Å². The van der Waals surface area contributed by atoms with Gasteiger partial charge in [0.2, 0.25) is 0 Å². The van der Waals surface area contributed by atoms with Crippen LogP contribution in [0.1, 0.15) is 47.9 Å². The van der Waals surface area contributed by atoms with Crippen molar-refractivity contribution in [2.45, 2.75) is 38.8 Å². The number of piperidine rings is 1. The summed E-state index contributed by atoms with van der Waals surface area (Å²) in [7, 11) is 0. The second-order valence-electron chi connectivity index (χ2n) is 8.91. The average molecular weight is 436 g/mol. The summed E-state index contributed by atoms with van der Waals surface area (Å²) in [6.45, 7) is 3.99. The average Bonchev–Trinajstić information content (AvgIpc) is 3.57. The standard InChI is InChI=1S/C26H25N7/c1-16-14-28-26(29-16)24-7-2-3-10-33(24)15-18-5-4-6-21-20(18)12-23(30-21)25-19-9-8-17(13-27)11-22(19)31-32-25/h4-6,8-9,11-12,14,24,30H,2-3,7,10,15H2,1H3,(H,28,29)(H,31,32). The first-order chi connectivity index (χ1) is 16.2. The maximum absolute atomic E-state index is 9.17. The number of hydrogen-bond donors (Lipinski definition) is 3. The third-order valence-corrected chi connectivity index (χ3v) is 6.73. The van der Waals surface area contributed by atoms with E-state index in [4.69, 9.17) is 4.98 Å². The number of H-pyrrole nitrogens is 3. The number of aromatic nitrogens is 5. The highest BCUT2D eigenvalue weighted by Crippen LogP contribution is 2.34. The van der Waals surface area contributed by atoms with Crippen LogP contribution < -0.4 is 0 Å². The molecule has 2 aromatic carbocycles. The maximum Gasteiger partial charge on any atom is 0.123 e. The summed E-state index contributed by atoms with van der Waals surface area (Å²) in [4.78, 5) is 14.2. The van der Waals surface area contributed by atoms with E-state index in [-0.39, 0.29) is 0 Å². The molecule has 3 N–H and O–H groups in total. The zero-order valence-corrected chi connectivity index (χ0v) is 18.5. The number of nitrogens with zero attached hydrogens (tertiary/aromatic N) is 4. The summed E-state index contributed by atoms with van der Waals surface area (Å²) in [5, 5.41) is 19.0. The number of nitrogens with one attached hydrogen (secondary N) is 3. The fourth-order valence-electron chi connectivity index (χ4n) is 5.09. The number of rotatable bonds is 4. The summed E-state index contributed by atoms with van der Waals surface area (Å²) in [6, 6.07) is 16.8. The van der Waals surface area contributed by atoms with E-state index in [9.17, 15) is 5.26 Å². The van der Waals surface area contributed by atoms with E-state index >= 15 is 0 Å². The Bertz CT molecular complexity index is 1500. The van der Waals surface area contributed by atoms with Crippen molar-refractivity contribution in [3.63, 3.8) is 0 Å². The second kappa shape index (κ2) is 7.91. The van der Waals surface area contributed by atoms with Gasteiger partial charge in [0.1, 0.15) is 11.5 Å². The Morgan fingerprint density at radius 3 is 2.91 bits per heavy atom. The highest BCUT2D eigenvalue weighted by atomic mass is 15.2. The Kier molecular flexibility index (Phi) is 4.74. The number of aryl methyl sites for hydroxylation is 1. The van der Waals surface area contributed by atoms with Gasteiger partial charge in [-0.25, -0.2) is 4.98 Å². The van der Waals surface area contributed by atoms with Gasteiger partial charge < -0.3 is 9.97 Å². The molecule has 1 aliphatic heterocycles. The molecule has 164 valence electrons. The smallest absolute Gasteiger partial charge is 0.123 e. The Morgan fingerprint density at radius 1 is 1.12 bits per heavy atom. The first-order valence-electron chi connectivity index (χ1n) is 11.4. The molecule has 0 bridgehead atoms. The van der Waals surface area contributed by atoms with E-state index in [0.717, 1.165) is 58.8 Å². The molecular weight excluding hydrogens is 410 g/mol. The number of hydrogen-bond acceptors (Lipinski definition) is 4. The van der Waals surface area contributed by atoms with Crippen LogP contribution in [-0.4, -0.2) is 36.6 Å². The SMILES string of the molecule is Cc1c[nH]c(C2CCCCN2Cc2cccc3[nH]c(-c4n[nH]c5cc(C#N)ccc45)cc23)n1. The summed E-state index contributed by atoms with van der Waals surface area (Å²) in [5.41, 5.74) is 6.80. The van der Waals surface area contributed by atoms with Crippen LogP contribution in [0.3, 0.4) is 0 Å². The molecule has 0 amide bonds. The molecule has 7 heteroatoms. The van der Waals surface area contributed by atoms with Gasteiger partial charge in [0.15, 0.2) is 0 Å². The van der Waals surface area contributed by atoms with Crippen LogP contribution >= 0.6 is 0 Å². The molecular formula is C26H25N7. The minimum absolute atomic E-state index is 0.325. The summed E-state index contributed by atoms with van der Waals surface area (Å²) >= 11 is 0. The third kappa shape index (κ3) is 3.49. The first kappa shape index (κ1) is 19.8. The number of benzene rings is 2. The highest BCUT2D eigenvalue weighted by Gasteiger charge is 2.26.